The number of amides is 2. The van der Waals surface area contributed by atoms with E-state index in [-0.39, 0.29) is 31.0 Å². The van der Waals surface area contributed by atoms with Crippen LogP contribution in [0.1, 0.15) is 43.2 Å². The molecule has 1 fully saturated rings. The Labute approximate surface area is 248 Å². The van der Waals surface area contributed by atoms with Crippen LogP contribution in [0.4, 0.5) is 0 Å². The minimum atomic E-state index is -0.764. The van der Waals surface area contributed by atoms with Crippen molar-refractivity contribution in [3.05, 3.63) is 97.5 Å². The highest BCUT2D eigenvalue weighted by atomic mass is 127. The third kappa shape index (κ3) is 8.10. The van der Waals surface area contributed by atoms with Crippen LogP contribution < -0.4 is 10.1 Å². The van der Waals surface area contributed by atoms with Gasteiger partial charge < -0.3 is 15.0 Å². The Morgan fingerprint density at radius 1 is 0.921 bits per heavy atom. The summed E-state index contributed by atoms with van der Waals surface area (Å²) in [5.41, 5.74) is 1.56. The first-order valence-electron chi connectivity index (χ1n) is 12.9. The van der Waals surface area contributed by atoms with Crippen molar-refractivity contribution in [1.29, 1.82) is 0 Å². The van der Waals surface area contributed by atoms with Gasteiger partial charge in [0.15, 0.2) is 6.61 Å². The van der Waals surface area contributed by atoms with E-state index in [0.717, 1.165) is 34.8 Å². The van der Waals surface area contributed by atoms with Gasteiger partial charge in [-0.3, -0.25) is 9.59 Å². The molecule has 3 aromatic rings. The van der Waals surface area contributed by atoms with E-state index in [1.807, 2.05) is 54.6 Å². The van der Waals surface area contributed by atoms with E-state index >= 15 is 0 Å². The Morgan fingerprint density at radius 2 is 1.58 bits per heavy atom. The van der Waals surface area contributed by atoms with Gasteiger partial charge in [-0.05, 0) is 77.4 Å². The fourth-order valence-corrected chi connectivity index (χ4v) is 5.59. The zero-order valence-electron chi connectivity index (χ0n) is 21.0. The third-order valence-electron chi connectivity index (χ3n) is 6.79. The monoisotopic (exact) mass is 664 g/mol. The van der Waals surface area contributed by atoms with Crippen LogP contribution in [-0.2, 0) is 22.6 Å². The fourth-order valence-electron chi connectivity index (χ4n) is 4.71. The second-order valence-electron chi connectivity index (χ2n) is 9.51. The highest BCUT2D eigenvalue weighted by Crippen LogP contribution is 2.28. The number of halogens is 3. The van der Waals surface area contributed by atoms with Crippen molar-refractivity contribution in [2.45, 2.75) is 57.2 Å². The molecule has 1 aliphatic carbocycles. The lowest BCUT2D eigenvalue weighted by molar-refractivity contribution is -0.143. The maximum Gasteiger partial charge on any atom is 0.261 e. The molecule has 1 saturated carbocycles. The molecule has 0 aromatic heterocycles. The molecule has 2 amide bonds. The molecule has 0 heterocycles. The maximum absolute atomic E-state index is 13.8. The second-order valence-corrected chi connectivity index (χ2v) is 11.6. The number of nitrogens with zero attached hydrogens (tertiary/aromatic N) is 1. The molecule has 5 nitrogen and oxygen atoms in total. The predicted octanol–water partition coefficient (Wildman–Crippen LogP) is 7.07. The summed E-state index contributed by atoms with van der Waals surface area (Å²) in [4.78, 5) is 29.2. The standard InChI is InChI=1S/C30H31Cl2IN2O3/c31-26-12-7-13-27(32)25(26)19-35(29(36)20-38-24-16-14-22(33)15-17-24)28(18-21-8-3-1-4-9-21)30(37)34-23-10-5-2-6-11-23/h1,3-4,7-9,12-17,23,28H,2,5-6,10-11,18-20H2,(H,34,37). The topological polar surface area (TPSA) is 58.6 Å². The Balaban J connectivity index is 1.64. The summed E-state index contributed by atoms with van der Waals surface area (Å²) in [6, 6.07) is 21.8. The van der Waals surface area contributed by atoms with Gasteiger partial charge in [-0.25, -0.2) is 0 Å². The minimum absolute atomic E-state index is 0.0863. The number of benzene rings is 3. The normalized spacial score (nSPS) is 14.5. The number of rotatable bonds is 10. The van der Waals surface area contributed by atoms with Crippen LogP contribution in [-0.4, -0.2) is 35.4 Å². The van der Waals surface area contributed by atoms with Crippen molar-refractivity contribution in [2.75, 3.05) is 6.61 Å². The van der Waals surface area contributed by atoms with Crippen molar-refractivity contribution in [2.24, 2.45) is 0 Å². The molecule has 1 N–H and O–H groups in total. The lowest BCUT2D eigenvalue weighted by Gasteiger charge is -2.33. The minimum Gasteiger partial charge on any atom is -0.484 e. The van der Waals surface area contributed by atoms with Gasteiger partial charge in [-0.2, -0.15) is 0 Å². The van der Waals surface area contributed by atoms with Crippen LogP contribution in [0, 0.1) is 3.57 Å². The summed E-state index contributed by atoms with van der Waals surface area (Å²) in [5, 5.41) is 4.12. The predicted molar refractivity (Wildman–Crippen MR) is 161 cm³/mol. The van der Waals surface area contributed by atoms with Crippen LogP contribution in [0.25, 0.3) is 0 Å². The summed E-state index contributed by atoms with van der Waals surface area (Å²) in [5.74, 6) is 0.0894. The summed E-state index contributed by atoms with van der Waals surface area (Å²) in [7, 11) is 0. The molecule has 4 rings (SSSR count). The first-order chi connectivity index (χ1) is 18.4. The smallest absolute Gasteiger partial charge is 0.261 e. The average molecular weight is 665 g/mol. The summed E-state index contributed by atoms with van der Waals surface area (Å²) >= 11 is 15.2. The van der Waals surface area contributed by atoms with Crippen LogP contribution in [0.2, 0.25) is 10.0 Å². The molecule has 0 bridgehead atoms. The lowest BCUT2D eigenvalue weighted by Crippen LogP contribution is -2.53. The van der Waals surface area contributed by atoms with E-state index in [2.05, 4.69) is 27.9 Å². The molecule has 1 unspecified atom stereocenters. The zero-order valence-corrected chi connectivity index (χ0v) is 24.7. The van der Waals surface area contributed by atoms with Crippen LogP contribution >= 0.6 is 45.8 Å². The van der Waals surface area contributed by atoms with Gasteiger partial charge in [0, 0.05) is 38.2 Å². The molecule has 38 heavy (non-hydrogen) atoms. The summed E-state index contributed by atoms with van der Waals surface area (Å²) < 4.78 is 6.91. The number of hydrogen-bond acceptors (Lipinski definition) is 3. The molecule has 200 valence electrons. The number of hydrogen-bond donors (Lipinski definition) is 1. The molecule has 1 aliphatic rings. The van der Waals surface area contributed by atoms with Gasteiger partial charge in [0.1, 0.15) is 11.8 Å². The molecular formula is C30H31Cl2IN2O3. The Morgan fingerprint density at radius 3 is 2.24 bits per heavy atom. The first kappa shape index (κ1) is 28.7. The molecule has 1 atom stereocenters. The molecule has 0 spiro atoms. The fraction of sp³-hybridized carbons (Fsp3) is 0.333. The number of carbonyl (C=O) groups excluding carboxylic acids is 2. The molecule has 8 heteroatoms. The maximum atomic E-state index is 13.8. The van der Waals surface area contributed by atoms with E-state index < -0.39 is 6.04 Å². The Hall–Kier alpha value is -2.29. The highest BCUT2D eigenvalue weighted by Gasteiger charge is 2.33. The van der Waals surface area contributed by atoms with Crippen LogP contribution in [0.5, 0.6) is 5.75 Å². The number of ether oxygens (including phenoxy) is 1. The van der Waals surface area contributed by atoms with E-state index in [1.54, 1.807) is 23.1 Å². The van der Waals surface area contributed by atoms with E-state index in [9.17, 15) is 9.59 Å². The summed E-state index contributed by atoms with van der Waals surface area (Å²) in [6.07, 6.45) is 5.63. The molecule has 3 aromatic carbocycles. The average Bonchev–Trinajstić information content (AvgIpc) is 2.92. The van der Waals surface area contributed by atoms with E-state index in [1.165, 1.54) is 6.42 Å². The highest BCUT2D eigenvalue weighted by molar-refractivity contribution is 14.1. The van der Waals surface area contributed by atoms with Crippen molar-refractivity contribution in [3.8, 4) is 5.75 Å². The largest absolute Gasteiger partial charge is 0.484 e. The van der Waals surface area contributed by atoms with Crippen molar-refractivity contribution in [1.82, 2.24) is 10.2 Å². The van der Waals surface area contributed by atoms with Crippen LogP contribution in [0.15, 0.2) is 72.8 Å². The van der Waals surface area contributed by atoms with Gasteiger partial charge in [0.05, 0.1) is 0 Å². The second kappa shape index (κ2) is 14.2. The number of carbonyl (C=O) groups is 2. The quantitative estimate of drug-likeness (QED) is 0.236. The van der Waals surface area contributed by atoms with Gasteiger partial charge in [-0.15, -0.1) is 0 Å². The SMILES string of the molecule is O=C(NC1CCCCC1)C(Cc1ccccc1)N(Cc1c(Cl)cccc1Cl)C(=O)COc1ccc(I)cc1. The molecular weight excluding hydrogens is 634 g/mol. The van der Waals surface area contributed by atoms with Gasteiger partial charge in [0.2, 0.25) is 5.91 Å². The van der Waals surface area contributed by atoms with E-state index in [4.69, 9.17) is 27.9 Å². The zero-order chi connectivity index (χ0) is 26.9. The molecule has 0 radical (unpaired) electrons. The Bertz CT molecular complexity index is 1200. The summed E-state index contributed by atoms with van der Waals surface area (Å²) in [6.45, 7) is -0.131. The van der Waals surface area contributed by atoms with Gasteiger partial charge in [-0.1, -0.05) is 78.9 Å². The van der Waals surface area contributed by atoms with Crippen molar-refractivity contribution in [3.63, 3.8) is 0 Å². The lowest BCUT2D eigenvalue weighted by atomic mass is 9.94. The first-order valence-corrected chi connectivity index (χ1v) is 14.7. The Kier molecular flexibility index (Phi) is 10.7. The third-order valence-corrected chi connectivity index (χ3v) is 8.22. The molecule has 0 saturated heterocycles. The van der Waals surface area contributed by atoms with Crippen molar-refractivity contribution < 1.29 is 14.3 Å². The van der Waals surface area contributed by atoms with Gasteiger partial charge >= 0.3 is 0 Å². The molecule has 0 aliphatic heterocycles. The van der Waals surface area contributed by atoms with Crippen LogP contribution in [0.3, 0.4) is 0 Å². The van der Waals surface area contributed by atoms with Gasteiger partial charge in [0.25, 0.3) is 5.91 Å². The van der Waals surface area contributed by atoms with E-state index in [0.29, 0.717) is 27.8 Å². The number of nitrogens with one attached hydrogen (secondary N) is 1. The van der Waals surface area contributed by atoms with Crippen molar-refractivity contribution >= 4 is 57.6 Å².